The Bertz CT molecular complexity index is 1220. The first-order valence-electron chi connectivity index (χ1n) is 14.4. The van der Waals surface area contributed by atoms with E-state index >= 15 is 0 Å². The van der Waals surface area contributed by atoms with Crippen LogP contribution in [0.5, 0.6) is 11.5 Å². The number of aryl methyl sites for hydroxylation is 2. The van der Waals surface area contributed by atoms with Crippen LogP contribution in [0.2, 0.25) is 0 Å². The molecule has 4 aromatic rings. The van der Waals surface area contributed by atoms with Crippen molar-refractivity contribution in [1.82, 2.24) is 0 Å². The van der Waals surface area contributed by atoms with Crippen molar-refractivity contribution < 1.29 is 9.47 Å². The number of aliphatic imine (C=N–C) groups is 2. The van der Waals surface area contributed by atoms with Crippen LogP contribution in [0.25, 0.3) is 0 Å². The second-order valence-corrected chi connectivity index (χ2v) is 9.89. The average Bonchev–Trinajstić information content (AvgIpc) is 3.00. The van der Waals surface area contributed by atoms with Crippen molar-refractivity contribution in [1.29, 1.82) is 0 Å². The van der Waals surface area contributed by atoms with E-state index < -0.39 is 0 Å². The zero-order chi connectivity index (χ0) is 27.8. The standard InChI is InChI=1S/C36H40N2O2/c1-3-5-25-39-35-21-13-31(14-22-35)27-37-33-17-9-29(10-18-33)7-8-30-11-19-34(20-12-30)38-28-32-15-23-36(24-16-32)40-26-6-4-2/h9-24,27-28H,3-8,25-26H2,1-2H3/b37-27+,38-28+. The molecule has 40 heavy (non-hydrogen) atoms. The molecule has 0 aliphatic heterocycles. The maximum Gasteiger partial charge on any atom is 0.119 e. The summed E-state index contributed by atoms with van der Waals surface area (Å²) in [6.07, 6.45) is 10.2. The van der Waals surface area contributed by atoms with Crippen LogP contribution in [-0.2, 0) is 12.8 Å². The summed E-state index contributed by atoms with van der Waals surface area (Å²) in [4.78, 5) is 9.25. The Hall–Kier alpha value is -4.18. The van der Waals surface area contributed by atoms with Gasteiger partial charge in [-0.3, -0.25) is 9.98 Å². The van der Waals surface area contributed by atoms with Crippen LogP contribution >= 0.6 is 0 Å². The van der Waals surface area contributed by atoms with Crippen molar-refractivity contribution in [2.75, 3.05) is 13.2 Å². The number of hydrogen-bond acceptors (Lipinski definition) is 4. The van der Waals surface area contributed by atoms with Crippen molar-refractivity contribution >= 4 is 23.8 Å². The van der Waals surface area contributed by atoms with E-state index in [1.807, 2.05) is 61.0 Å². The summed E-state index contributed by atoms with van der Waals surface area (Å²) >= 11 is 0. The third kappa shape index (κ3) is 9.85. The van der Waals surface area contributed by atoms with Crippen molar-refractivity contribution in [3.63, 3.8) is 0 Å². The van der Waals surface area contributed by atoms with Gasteiger partial charge in [0.25, 0.3) is 0 Å². The molecule has 0 saturated heterocycles. The van der Waals surface area contributed by atoms with E-state index in [0.29, 0.717) is 0 Å². The van der Waals surface area contributed by atoms with Crippen LogP contribution in [0.15, 0.2) is 107 Å². The van der Waals surface area contributed by atoms with Gasteiger partial charge in [-0.2, -0.15) is 0 Å². The van der Waals surface area contributed by atoms with Gasteiger partial charge in [0.2, 0.25) is 0 Å². The molecule has 0 atom stereocenters. The van der Waals surface area contributed by atoms with Crippen LogP contribution in [0.3, 0.4) is 0 Å². The molecule has 0 unspecified atom stereocenters. The zero-order valence-electron chi connectivity index (χ0n) is 23.8. The number of unbranched alkanes of at least 4 members (excludes halogenated alkanes) is 2. The zero-order valence-corrected chi connectivity index (χ0v) is 23.8. The van der Waals surface area contributed by atoms with E-state index in [1.54, 1.807) is 0 Å². The Kier molecular flexibility index (Phi) is 11.6. The number of ether oxygens (including phenoxy) is 2. The van der Waals surface area contributed by atoms with Gasteiger partial charge in [-0.15, -0.1) is 0 Å². The van der Waals surface area contributed by atoms with E-state index in [-0.39, 0.29) is 0 Å². The summed E-state index contributed by atoms with van der Waals surface area (Å²) in [6.45, 7) is 5.86. The molecule has 4 aromatic carbocycles. The Labute approximate surface area is 239 Å². The lowest BCUT2D eigenvalue weighted by Crippen LogP contribution is -1.96. The topological polar surface area (TPSA) is 43.2 Å². The van der Waals surface area contributed by atoms with E-state index in [9.17, 15) is 0 Å². The summed E-state index contributed by atoms with van der Waals surface area (Å²) in [5.41, 5.74) is 6.63. The molecule has 0 amide bonds. The van der Waals surface area contributed by atoms with Gasteiger partial charge in [0.1, 0.15) is 11.5 Å². The predicted molar refractivity (Wildman–Crippen MR) is 168 cm³/mol. The minimum Gasteiger partial charge on any atom is -0.494 e. The number of benzene rings is 4. The number of hydrogen-bond donors (Lipinski definition) is 0. The van der Waals surface area contributed by atoms with Gasteiger partial charge in [0.15, 0.2) is 0 Å². The summed E-state index contributed by atoms with van der Waals surface area (Å²) < 4.78 is 11.5. The highest BCUT2D eigenvalue weighted by atomic mass is 16.5. The normalized spacial score (nSPS) is 11.3. The van der Waals surface area contributed by atoms with Gasteiger partial charge in [-0.05, 0) is 121 Å². The number of rotatable bonds is 15. The third-order valence-electron chi connectivity index (χ3n) is 6.59. The molecule has 0 aliphatic carbocycles. The van der Waals surface area contributed by atoms with Gasteiger partial charge in [0, 0.05) is 12.4 Å². The Morgan fingerprint density at radius 1 is 0.500 bits per heavy atom. The molecule has 206 valence electrons. The molecule has 0 spiro atoms. The Morgan fingerprint density at radius 3 is 1.23 bits per heavy atom. The first-order chi connectivity index (χ1) is 19.7. The summed E-state index contributed by atoms with van der Waals surface area (Å²) in [7, 11) is 0. The minimum atomic E-state index is 0.766. The van der Waals surface area contributed by atoms with Gasteiger partial charge in [-0.1, -0.05) is 51.0 Å². The van der Waals surface area contributed by atoms with Gasteiger partial charge in [-0.25, -0.2) is 0 Å². The average molecular weight is 533 g/mol. The predicted octanol–water partition coefficient (Wildman–Crippen LogP) is 9.33. The van der Waals surface area contributed by atoms with Crippen molar-refractivity contribution in [2.45, 2.75) is 52.4 Å². The summed E-state index contributed by atoms with van der Waals surface area (Å²) in [5.74, 6) is 1.82. The maximum absolute atomic E-state index is 5.73. The second-order valence-electron chi connectivity index (χ2n) is 9.89. The molecular formula is C36H40N2O2. The highest BCUT2D eigenvalue weighted by Crippen LogP contribution is 2.19. The number of nitrogens with zero attached hydrogens (tertiary/aromatic N) is 2. The highest BCUT2D eigenvalue weighted by Gasteiger charge is 1.99. The van der Waals surface area contributed by atoms with Crippen LogP contribution < -0.4 is 9.47 Å². The fourth-order valence-corrected chi connectivity index (χ4v) is 4.05. The molecule has 0 N–H and O–H groups in total. The molecule has 4 nitrogen and oxygen atoms in total. The van der Waals surface area contributed by atoms with Crippen LogP contribution in [0.1, 0.15) is 61.8 Å². The van der Waals surface area contributed by atoms with Crippen molar-refractivity contribution in [2.24, 2.45) is 9.98 Å². The summed E-state index contributed by atoms with van der Waals surface area (Å²) in [6, 6.07) is 33.1. The minimum absolute atomic E-state index is 0.766. The SMILES string of the molecule is CCCCOc1ccc(/C=N/c2ccc(CCc3ccc(/N=C/c4ccc(OCCCC)cc4)cc3)cc2)cc1. The lowest BCUT2D eigenvalue weighted by molar-refractivity contribution is 0.309. The fourth-order valence-electron chi connectivity index (χ4n) is 4.05. The van der Waals surface area contributed by atoms with Crippen molar-refractivity contribution in [3.8, 4) is 11.5 Å². The maximum atomic E-state index is 5.73. The summed E-state index contributed by atoms with van der Waals surface area (Å²) in [5, 5.41) is 0. The van der Waals surface area contributed by atoms with Crippen LogP contribution in [0, 0.1) is 0 Å². The first kappa shape index (κ1) is 28.8. The third-order valence-corrected chi connectivity index (χ3v) is 6.59. The first-order valence-corrected chi connectivity index (χ1v) is 14.4. The molecule has 0 aromatic heterocycles. The molecular weight excluding hydrogens is 492 g/mol. The van der Waals surface area contributed by atoms with E-state index in [1.165, 1.54) is 11.1 Å². The van der Waals surface area contributed by atoms with E-state index in [0.717, 1.165) is 85.7 Å². The lowest BCUT2D eigenvalue weighted by Gasteiger charge is -2.05. The lowest BCUT2D eigenvalue weighted by atomic mass is 10.0. The molecule has 0 bridgehead atoms. The molecule has 4 rings (SSSR count). The molecule has 0 saturated carbocycles. The molecule has 0 aliphatic rings. The molecule has 0 radical (unpaired) electrons. The Morgan fingerprint density at radius 2 is 0.875 bits per heavy atom. The fraction of sp³-hybridized carbons (Fsp3) is 0.278. The van der Waals surface area contributed by atoms with Gasteiger partial charge >= 0.3 is 0 Å². The van der Waals surface area contributed by atoms with Gasteiger partial charge < -0.3 is 9.47 Å². The Balaban J connectivity index is 1.22. The van der Waals surface area contributed by atoms with E-state index in [4.69, 9.17) is 9.47 Å². The quantitative estimate of drug-likeness (QED) is 0.113. The highest BCUT2D eigenvalue weighted by molar-refractivity contribution is 5.82. The van der Waals surface area contributed by atoms with Crippen molar-refractivity contribution in [3.05, 3.63) is 119 Å². The van der Waals surface area contributed by atoms with Gasteiger partial charge in [0.05, 0.1) is 24.6 Å². The second kappa shape index (κ2) is 16.0. The van der Waals surface area contributed by atoms with E-state index in [2.05, 4.69) is 72.4 Å². The molecule has 4 heteroatoms. The smallest absolute Gasteiger partial charge is 0.119 e. The molecule has 0 heterocycles. The monoisotopic (exact) mass is 532 g/mol. The van der Waals surface area contributed by atoms with Crippen LogP contribution in [0.4, 0.5) is 11.4 Å². The van der Waals surface area contributed by atoms with Crippen LogP contribution in [-0.4, -0.2) is 25.6 Å². The largest absolute Gasteiger partial charge is 0.494 e. The molecule has 0 fully saturated rings.